The maximum absolute atomic E-state index is 12.2. The predicted molar refractivity (Wildman–Crippen MR) is 50.2 cm³/mol. The Labute approximate surface area is 88.6 Å². The van der Waals surface area contributed by atoms with Gasteiger partial charge in [-0.2, -0.15) is 13.2 Å². The number of aliphatic imine (C=N–C) groups is 1. The Kier molecular flexibility index (Phi) is 3.62. The summed E-state index contributed by atoms with van der Waals surface area (Å²) in [5, 5.41) is 0. The standard InChI is InChI=1S/C10H8F5N/c1-6(9(11)12)16-8-4-2-7(3-5-8)10(13,14)15/h2-5,9H,1H3/b16-6+. The molecule has 0 spiro atoms. The molecular formula is C10H8F5N. The van der Waals surface area contributed by atoms with E-state index in [9.17, 15) is 22.0 Å². The molecule has 1 aromatic rings. The van der Waals surface area contributed by atoms with Crippen molar-refractivity contribution in [3.8, 4) is 0 Å². The second-order valence-electron chi connectivity index (χ2n) is 3.10. The molecule has 88 valence electrons. The number of alkyl halides is 5. The number of nitrogens with zero attached hydrogens (tertiary/aromatic N) is 1. The van der Waals surface area contributed by atoms with Crippen molar-refractivity contribution in [2.75, 3.05) is 0 Å². The Bertz CT molecular complexity index is 377. The quantitative estimate of drug-likeness (QED) is 0.543. The van der Waals surface area contributed by atoms with Crippen molar-refractivity contribution in [2.45, 2.75) is 19.5 Å². The first-order valence-electron chi connectivity index (χ1n) is 4.31. The normalized spacial score (nSPS) is 13.3. The molecule has 0 amide bonds. The molecule has 0 saturated heterocycles. The highest BCUT2D eigenvalue weighted by Gasteiger charge is 2.29. The molecule has 0 aromatic heterocycles. The molecule has 6 heteroatoms. The Morgan fingerprint density at radius 2 is 1.62 bits per heavy atom. The summed E-state index contributed by atoms with van der Waals surface area (Å²) in [6.45, 7) is 1.11. The fourth-order valence-electron chi connectivity index (χ4n) is 0.977. The lowest BCUT2D eigenvalue weighted by Crippen LogP contribution is -2.05. The molecule has 0 bridgehead atoms. The van der Waals surface area contributed by atoms with Crippen molar-refractivity contribution in [1.29, 1.82) is 0 Å². The molecule has 0 aliphatic heterocycles. The smallest absolute Gasteiger partial charge is 0.252 e. The second kappa shape index (κ2) is 4.59. The van der Waals surface area contributed by atoms with Gasteiger partial charge in [0.2, 0.25) is 0 Å². The van der Waals surface area contributed by atoms with Gasteiger partial charge in [0.15, 0.2) is 0 Å². The SMILES string of the molecule is C/C(=N\c1ccc(C(F)(F)F)cc1)C(F)F. The van der Waals surface area contributed by atoms with Crippen molar-refractivity contribution >= 4 is 11.4 Å². The van der Waals surface area contributed by atoms with Gasteiger partial charge in [-0.3, -0.25) is 4.99 Å². The lowest BCUT2D eigenvalue weighted by molar-refractivity contribution is -0.137. The predicted octanol–water partition coefficient (Wildman–Crippen LogP) is 4.06. The maximum Gasteiger partial charge on any atom is 0.416 e. The fraction of sp³-hybridized carbons (Fsp3) is 0.300. The van der Waals surface area contributed by atoms with E-state index in [1.165, 1.54) is 0 Å². The number of hydrogen-bond acceptors (Lipinski definition) is 1. The molecule has 1 nitrogen and oxygen atoms in total. The Balaban J connectivity index is 2.92. The first kappa shape index (κ1) is 12.6. The molecule has 0 heterocycles. The molecule has 16 heavy (non-hydrogen) atoms. The third kappa shape index (κ3) is 3.29. The third-order valence-corrected chi connectivity index (χ3v) is 1.82. The second-order valence-corrected chi connectivity index (χ2v) is 3.10. The minimum absolute atomic E-state index is 0.0748. The molecule has 0 radical (unpaired) electrons. The van der Waals surface area contributed by atoms with Gasteiger partial charge < -0.3 is 0 Å². The minimum Gasteiger partial charge on any atom is -0.252 e. The molecule has 0 aliphatic rings. The minimum atomic E-state index is -4.43. The summed E-state index contributed by atoms with van der Waals surface area (Å²) in [7, 11) is 0. The van der Waals surface area contributed by atoms with Gasteiger partial charge in [-0.1, -0.05) is 0 Å². The summed E-state index contributed by atoms with van der Waals surface area (Å²) in [5.74, 6) is 0. The van der Waals surface area contributed by atoms with Gasteiger partial charge in [0, 0.05) is 0 Å². The van der Waals surface area contributed by atoms with E-state index in [0.717, 1.165) is 31.2 Å². The van der Waals surface area contributed by atoms with Crippen LogP contribution in [0.5, 0.6) is 0 Å². The zero-order valence-electron chi connectivity index (χ0n) is 8.22. The van der Waals surface area contributed by atoms with Crippen LogP contribution >= 0.6 is 0 Å². The van der Waals surface area contributed by atoms with E-state index in [4.69, 9.17) is 0 Å². The molecule has 1 rings (SSSR count). The van der Waals surface area contributed by atoms with Crippen molar-refractivity contribution < 1.29 is 22.0 Å². The number of rotatable bonds is 2. The number of hydrogen-bond donors (Lipinski definition) is 0. The van der Waals surface area contributed by atoms with Crippen LogP contribution in [0.1, 0.15) is 12.5 Å². The van der Waals surface area contributed by atoms with E-state index in [1.54, 1.807) is 0 Å². The Morgan fingerprint density at radius 3 is 2.00 bits per heavy atom. The van der Waals surface area contributed by atoms with Crippen LogP contribution in [0.2, 0.25) is 0 Å². The van der Waals surface area contributed by atoms with Crippen LogP contribution in [0, 0.1) is 0 Å². The van der Waals surface area contributed by atoms with Gasteiger partial charge in [0.1, 0.15) is 0 Å². The average Bonchev–Trinajstić information content (AvgIpc) is 2.17. The largest absolute Gasteiger partial charge is 0.416 e. The molecule has 0 atom stereocenters. The summed E-state index contributed by atoms with van der Waals surface area (Å²) < 4.78 is 60.6. The number of halogens is 5. The first-order chi connectivity index (χ1) is 7.30. The Hall–Kier alpha value is -1.46. The van der Waals surface area contributed by atoms with E-state index in [2.05, 4.69) is 4.99 Å². The van der Waals surface area contributed by atoms with Crippen molar-refractivity contribution in [2.24, 2.45) is 4.99 Å². The molecule has 0 unspecified atom stereocenters. The summed E-state index contributed by atoms with van der Waals surface area (Å²) in [6, 6.07) is 3.71. The Morgan fingerprint density at radius 1 is 1.12 bits per heavy atom. The molecule has 0 N–H and O–H groups in total. The first-order valence-corrected chi connectivity index (χ1v) is 4.31. The van der Waals surface area contributed by atoms with Gasteiger partial charge in [0.05, 0.1) is 17.0 Å². The average molecular weight is 237 g/mol. The monoisotopic (exact) mass is 237 g/mol. The summed E-state index contributed by atoms with van der Waals surface area (Å²) in [6.07, 6.45) is -7.14. The van der Waals surface area contributed by atoms with Crippen molar-refractivity contribution in [1.82, 2.24) is 0 Å². The van der Waals surface area contributed by atoms with Crippen LogP contribution in [-0.4, -0.2) is 12.1 Å². The van der Waals surface area contributed by atoms with Crippen LogP contribution in [0.4, 0.5) is 27.6 Å². The van der Waals surface area contributed by atoms with Crippen LogP contribution in [0.3, 0.4) is 0 Å². The van der Waals surface area contributed by atoms with Crippen LogP contribution in [0.15, 0.2) is 29.3 Å². The summed E-state index contributed by atoms with van der Waals surface area (Å²) in [5.41, 5.74) is -1.19. The fourth-order valence-corrected chi connectivity index (χ4v) is 0.977. The van der Waals surface area contributed by atoms with Gasteiger partial charge in [-0.05, 0) is 31.2 Å². The molecule has 0 fully saturated rings. The topological polar surface area (TPSA) is 12.4 Å². The lowest BCUT2D eigenvalue weighted by atomic mass is 10.2. The summed E-state index contributed by atoms with van der Waals surface area (Å²) >= 11 is 0. The molecular weight excluding hydrogens is 229 g/mol. The van der Waals surface area contributed by atoms with Gasteiger partial charge in [-0.25, -0.2) is 8.78 Å². The number of benzene rings is 1. The zero-order chi connectivity index (χ0) is 12.3. The van der Waals surface area contributed by atoms with Gasteiger partial charge in [-0.15, -0.1) is 0 Å². The van der Waals surface area contributed by atoms with E-state index in [1.807, 2.05) is 0 Å². The van der Waals surface area contributed by atoms with E-state index < -0.39 is 23.9 Å². The van der Waals surface area contributed by atoms with Crippen LogP contribution in [-0.2, 0) is 6.18 Å². The summed E-state index contributed by atoms with van der Waals surface area (Å²) in [4.78, 5) is 3.48. The highest BCUT2D eigenvalue weighted by atomic mass is 19.4. The van der Waals surface area contributed by atoms with Crippen molar-refractivity contribution in [3.05, 3.63) is 29.8 Å². The third-order valence-electron chi connectivity index (χ3n) is 1.82. The highest BCUT2D eigenvalue weighted by molar-refractivity contribution is 5.87. The molecule has 0 aliphatic carbocycles. The van der Waals surface area contributed by atoms with Crippen LogP contribution < -0.4 is 0 Å². The molecule has 0 saturated carbocycles. The lowest BCUT2D eigenvalue weighted by Gasteiger charge is -2.06. The zero-order valence-corrected chi connectivity index (χ0v) is 8.22. The van der Waals surface area contributed by atoms with Gasteiger partial charge in [0.25, 0.3) is 6.43 Å². The van der Waals surface area contributed by atoms with E-state index in [-0.39, 0.29) is 5.69 Å². The van der Waals surface area contributed by atoms with Crippen molar-refractivity contribution in [3.63, 3.8) is 0 Å². The maximum atomic E-state index is 12.2. The van der Waals surface area contributed by atoms with Crippen LogP contribution in [0.25, 0.3) is 0 Å². The highest BCUT2D eigenvalue weighted by Crippen LogP contribution is 2.30. The molecule has 1 aromatic carbocycles. The van der Waals surface area contributed by atoms with E-state index >= 15 is 0 Å². The van der Waals surface area contributed by atoms with Gasteiger partial charge >= 0.3 is 6.18 Å². The van der Waals surface area contributed by atoms with E-state index in [0.29, 0.717) is 0 Å².